The molecule has 1 unspecified atom stereocenters. The van der Waals surface area contributed by atoms with Crippen LogP contribution in [0.15, 0.2) is 42.5 Å². The third kappa shape index (κ3) is 6.29. The predicted octanol–water partition coefficient (Wildman–Crippen LogP) is 2.56. The van der Waals surface area contributed by atoms with Gasteiger partial charge >= 0.3 is 0 Å². The van der Waals surface area contributed by atoms with Crippen LogP contribution in [0.1, 0.15) is 39.7 Å². The van der Waals surface area contributed by atoms with Crippen molar-refractivity contribution in [1.29, 1.82) is 0 Å². The van der Waals surface area contributed by atoms with Crippen LogP contribution in [0.2, 0.25) is 0 Å². The maximum atomic E-state index is 13.1. The number of hydrogen-bond acceptors (Lipinski definition) is 4. The molecule has 2 atom stereocenters. The van der Waals surface area contributed by atoms with Crippen LogP contribution < -0.4 is 16.1 Å². The number of hydrogen-bond donors (Lipinski definition) is 4. The van der Waals surface area contributed by atoms with Crippen molar-refractivity contribution in [2.24, 2.45) is 11.3 Å². The zero-order valence-electron chi connectivity index (χ0n) is 18.0. The van der Waals surface area contributed by atoms with Crippen LogP contribution in [-0.2, 0) is 20.8 Å². The summed E-state index contributed by atoms with van der Waals surface area (Å²) in [5, 5.41) is 16.6. The molecule has 0 saturated heterocycles. The summed E-state index contributed by atoms with van der Waals surface area (Å²) < 4.78 is 0. The van der Waals surface area contributed by atoms with Crippen molar-refractivity contribution in [1.82, 2.24) is 16.1 Å². The monoisotopic (exact) mass is 413 g/mol. The Kier molecular flexibility index (Phi) is 7.94. The van der Waals surface area contributed by atoms with Gasteiger partial charge in [0.2, 0.25) is 17.7 Å². The smallest absolute Gasteiger partial charge is 0.244 e. The third-order valence-corrected chi connectivity index (χ3v) is 4.99. The molecule has 7 nitrogen and oxygen atoms in total. The average Bonchev–Trinajstić information content (AvgIpc) is 2.70. The van der Waals surface area contributed by atoms with E-state index in [2.05, 4.69) is 10.6 Å². The van der Waals surface area contributed by atoms with Gasteiger partial charge in [-0.1, -0.05) is 63.2 Å². The number of carbonyl (C=O) groups excluding carboxylic acids is 3. The van der Waals surface area contributed by atoms with E-state index in [1.165, 1.54) is 0 Å². The molecule has 7 heteroatoms. The summed E-state index contributed by atoms with van der Waals surface area (Å²) in [5.41, 5.74) is 1.98. The first kappa shape index (κ1) is 23.3. The summed E-state index contributed by atoms with van der Waals surface area (Å²) in [6.07, 6.45) is 0.109. The second-order valence-corrected chi connectivity index (χ2v) is 8.52. The molecule has 0 fully saturated rings. The second-order valence-electron chi connectivity index (χ2n) is 8.52. The van der Waals surface area contributed by atoms with Crippen LogP contribution >= 0.6 is 0 Å². The van der Waals surface area contributed by atoms with E-state index in [-0.39, 0.29) is 12.3 Å². The van der Waals surface area contributed by atoms with E-state index in [1.807, 2.05) is 70.2 Å². The van der Waals surface area contributed by atoms with E-state index < -0.39 is 29.2 Å². The highest BCUT2D eigenvalue weighted by Gasteiger charge is 2.34. The van der Waals surface area contributed by atoms with Crippen LogP contribution in [0.3, 0.4) is 0 Å². The summed E-state index contributed by atoms with van der Waals surface area (Å²) in [7, 11) is 0. The molecular weight excluding hydrogens is 382 g/mol. The Balaban J connectivity index is 2.26. The lowest BCUT2D eigenvalue weighted by Crippen LogP contribution is -2.55. The standard InChI is InChI=1S/C23H31N3O4/c1-5-24-22(29)20(23(2,3)4)25-21(28)18(14-19(27)26-30)13-15-10-11-16-8-6-7-9-17(16)12-15/h6-12,18,20,30H,5,13-14H2,1-4H3,(H,24,29)(H,25,28)(H,26,27)/t18?,20-/m1/s1. The average molecular weight is 414 g/mol. The molecule has 30 heavy (non-hydrogen) atoms. The minimum atomic E-state index is -0.749. The van der Waals surface area contributed by atoms with Crippen LogP contribution in [-0.4, -0.2) is 35.5 Å². The maximum absolute atomic E-state index is 13.1. The summed E-state index contributed by atoms with van der Waals surface area (Å²) >= 11 is 0. The number of hydroxylamine groups is 1. The Morgan fingerprint density at radius 3 is 2.27 bits per heavy atom. The van der Waals surface area contributed by atoms with Gasteiger partial charge in [-0.3, -0.25) is 19.6 Å². The molecule has 162 valence electrons. The van der Waals surface area contributed by atoms with E-state index in [4.69, 9.17) is 5.21 Å². The van der Waals surface area contributed by atoms with Gasteiger partial charge in [0.15, 0.2) is 0 Å². The maximum Gasteiger partial charge on any atom is 0.244 e. The predicted molar refractivity (Wildman–Crippen MR) is 116 cm³/mol. The van der Waals surface area contributed by atoms with Gasteiger partial charge in [-0.05, 0) is 35.1 Å². The lowest BCUT2D eigenvalue weighted by Gasteiger charge is -2.31. The van der Waals surface area contributed by atoms with E-state index in [9.17, 15) is 14.4 Å². The first-order valence-electron chi connectivity index (χ1n) is 10.1. The SMILES string of the molecule is CCNC(=O)[C@@H](NC(=O)C(CC(=O)NO)Cc1ccc2ccccc2c1)C(C)(C)C. The first-order chi connectivity index (χ1) is 14.2. The highest BCUT2D eigenvalue weighted by molar-refractivity contribution is 5.91. The summed E-state index contributed by atoms with van der Waals surface area (Å²) in [5.74, 6) is -2.06. The van der Waals surface area contributed by atoms with Gasteiger partial charge < -0.3 is 10.6 Å². The first-order valence-corrected chi connectivity index (χ1v) is 10.1. The Labute approximate surface area is 177 Å². The van der Waals surface area contributed by atoms with E-state index in [1.54, 1.807) is 5.48 Å². The Bertz CT molecular complexity index is 905. The fourth-order valence-electron chi connectivity index (χ4n) is 3.39. The van der Waals surface area contributed by atoms with Crippen molar-refractivity contribution in [3.05, 3.63) is 48.0 Å². The quantitative estimate of drug-likeness (QED) is 0.394. The minimum Gasteiger partial charge on any atom is -0.355 e. The van der Waals surface area contributed by atoms with Crippen molar-refractivity contribution in [2.45, 2.75) is 46.6 Å². The van der Waals surface area contributed by atoms with Gasteiger partial charge in [-0.15, -0.1) is 0 Å². The van der Waals surface area contributed by atoms with Gasteiger partial charge in [0.1, 0.15) is 6.04 Å². The molecule has 0 aliphatic rings. The van der Waals surface area contributed by atoms with Gasteiger partial charge in [0, 0.05) is 13.0 Å². The topological polar surface area (TPSA) is 108 Å². The highest BCUT2D eigenvalue weighted by Crippen LogP contribution is 2.23. The van der Waals surface area contributed by atoms with Crippen LogP contribution in [0.25, 0.3) is 10.8 Å². The summed E-state index contributed by atoms with van der Waals surface area (Å²) in [6.45, 7) is 7.87. The fourth-order valence-corrected chi connectivity index (χ4v) is 3.39. The van der Waals surface area contributed by atoms with Gasteiger partial charge in [0.25, 0.3) is 0 Å². The van der Waals surface area contributed by atoms with Crippen molar-refractivity contribution in [3.8, 4) is 0 Å². The number of likely N-dealkylation sites (N-methyl/N-ethyl adjacent to an activating group) is 1. The molecule has 4 N–H and O–H groups in total. The molecular formula is C23H31N3O4. The molecule has 2 rings (SSSR count). The molecule has 0 aromatic heterocycles. The van der Waals surface area contributed by atoms with Crippen molar-refractivity contribution in [2.75, 3.05) is 6.54 Å². The molecule has 3 amide bonds. The number of amides is 3. The highest BCUT2D eigenvalue weighted by atomic mass is 16.5. The molecule has 0 radical (unpaired) electrons. The van der Waals surface area contributed by atoms with Gasteiger partial charge in [-0.2, -0.15) is 0 Å². The van der Waals surface area contributed by atoms with Gasteiger partial charge in [-0.25, -0.2) is 5.48 Å². The molecule has 0 saturated carbocycles. The molecule has 2 aromatic carbocycles. The van der Waals surface area contributed by atoms with Crippen molar-refractivity contribution in [3.63, 3.8) is 0 Å². The normalized spacial score (nSPS) is 13.4. The second kappa shape index (κ2) is 10.2. The third-order valence-electron chi connectivity index (χ3n) is 4.99. The molecule has 0 spiro atoms. The lowest BCUT2D eigenvalue weighted by atomic mass is 9.85. The zero-order valence-corrected chi connectivity index (χ0v) is 18.0. The Hall–Kier alpha value is -2.93. The number of fused-ring (bicyclic) bond motifs is 1. The largest absolute Gasteiger partial charge is 0.355 e. The molecule has 2 aromatic rings. The van der Waals surface area contributed by atoms with Crippen LogP contribution in [0.4, 0.5) is 0 Å². The minimum absolute atomic E-state index is 0.193. The fraction of sp³-hybridized carbons (Fsp3) is 0.435. The molecule has 0 aliphatic carbocycles. The van der Waals surface area contributed by atoms with Crippen LogP contribution in [0, 0.1) is 11.3 Å². The number of nitrogens with one attached hydrogen (secondary N) is 3. The Morgan fingerprint density at radius 1 is 1.00 bits per heavy atom. The molecule has 0 aliphatic heterocycles. The lowest BCUT2D eigenvalue weighted by molar-refractivity contribution is -0.137. The van der Waals surface area contributed by atoms with Gasteiger partial charge in [0.05, 0.1) is 5.92 Å². The van der Waals surface area contributed by atoms with E-state index in [0.29, 0.717) is 13.0 Å². The van der Waals surface area contributed by atoms with E-state index >= 15 is 0 Å². The van der Waals surface area contributed by atoms with E-state index in [0.717, 1.165) is 16.3 Å². The molecule has 0 bridgehead atoms. The summed E-state index contributed by atoms with van der Waals surface area (Å²) in [6, 6.07) is 13.0. The number of rotatable bonds is 8. The zero-order chi connectivity index (χ0) is 22.3. The number of benzene rings is 2. The van der Waals surface area contributed by atoms with Crippen molar-refractivity contribution >= 4 is 28.5 Å². The van der Waals surface area contributed by atoms with Crippen LogP contribution in [0.5, 0.6) is 0 Å². The molecule has 0 heterocycles. The summed E-state index contributed by atoms with van der Waals surface area (Å²) in [4.78, 5) is 37.4. The Morgan fingerprint density at radius 2 is 1.67 bits per heavy atom. The van der Waals surface area contributed by atoms with Crippen molar-refractivity contribution < 1.29 is 19.6 Å². The number of carbonyl (C=O) groups is 3.